The highest BCUT2D eigenvalue weighted by molar-refractivity contribution is 5.02. The van der Waals surface area contributed by atoms with Crippen molar-refractivity contribution >= 4 is 0 Å². The van der Waals surface area contributed by atoms with Gasteiger partial charge in [-0.2, -0.15) is 5.10 Å². The van der Waals surface area contributed by atoms with Crippen molar-refractivity contribution in [3.8, 4) is 0 Å². The molecule has 0 spiro atoms. The number of nitrogens with zero attached hydrogens (tertiary/aromatic N) is 2. The van der Waals surface area contributed by atoms with E-state index in [-0.39, 0.29) is 0 Å². The van der Waals surface area contributed by atoms with E-state index in [2.05, 4.69) is 48.3 Å². The zero-order chi connectivity index (χ0) is 13.7. The minimum atomic E-state index is 0.459. The highest BCUT2D eigenvalue weighted by atomic mass is 15.3. The summed E-state index contributed by atoms with van der Waals surface area (Å²) in [7, 11) is 2.08. The normalized spacial score (nSPS) is 18.3. The maximum atomic E-state index is 4.65. The SMILES string of the molecule is CNC(CCC1CCCC1)Cc1ccn(C(C)C)n1. The highest BCUT2D eigenvalue weighted by Crippen LogP contribution is 2.29. The third kappa shape index (κ3) is 4.34. The molecule has 0 aliphatic heterocycles. The van der Waals surface area contributed by atoms with Crippen LogP contribution in [0.1, 0.15) is 64.1 Å². The third-order valence-corrected chi connectivity index (χ3v) is 4.45. The molecule has 1 aromatic rings. The Bertz CT molecular complexity index is 364. The van der Waals surface area contributed by atoms with Crippen molar-refractivity contribution in [2.75, 3.05) is 7.05 Å². The average Bonchev–Trinajstić information content (AvgIpc) is 3.05. The van der Waals surface area contributed by atoms with Gasteiger partial charge in [0.2, 0.25) is 0 Å². The van der Waals surface area contributed by atoms with E-state index < -0.39 is 0 Å². The van der Waals surface area contributed by atoms with Crippen molar-refractivity contribution in [3.05, 3.63) is 18.0 Å². The molecule has 0 radical (unpaired) electrons. The summed E-state index contributed by atoms with van der Waals surface area (Å²) in [5.74, 6) is 0.990. The summed E-state index contributed by atoms with van der Waals surface area (Å²) in [6, 6.07) is 3.20. The van der Waals surface area contributed by atoms with Crippen LogP contribution in [-0.4, -0.2) is 22.9 Å². The first-order valence-electron chi connectivity index (χ1n) is 7.90. The summed E-state index contributed by atoms with van der Waals surface area (Å²) >= 11 is 0. The Labute approximate surface area is 117 Å². The van der Waals surface area contributed by atoms with Crippen LogP contribution in [0.25, 0.3) is 0 Å². The molecule has 3 nitrogen and oxygen atoms in total. The molecule has 19 heavy (non-hydrogen) atoms. The van der Waals surface area contributed by atoms with Gasteiger partial charge in [-0.25, -0.2) is 0 Å². The number of hydrogen-bond donors (Lipinski definition) is 1. The Balaban J connectivity index is 1.80. The summed E-state index contributed by atoms with van der Waals surface area (Å²) in [4.78, 5) is 0. The van der Waals surface area contributed by atoms with Crippen LogP contribution >= 0.6 is 0 Å². The van der Waals surface area contributed by atoms with Crippen molar-refractivity contribution in [3.63, 3.8) is 0 Å². The monoisotopic (exact) mass is 263 g/mol. The third-order valence-electron chi connectivity index (χ3n) is 4.45. The Hall–Kier alpha value is -0.830. The molecule has 0 aromatic carbocycles. The molecule has 3 heteroatoms. The molecule has 1 aliphatic carbocycles. The van der Waals surface area contributed by atoms with E-state index in [0.29, 0.717) is 12.1 Å². The molecule has 0 amide bonds. The molecule has 108 valence electrons. The lowest BCUT2D eigenvalue weighted by Gasteiger charge is -2.17. The lowest BCUT2D eigenvalue weighted by Crippen LogP contribution is -2.28. The van der Waals surface area contributed by atoms with Gasteiger partial charge in [0.05, 0.1) is 5.69 Å². The van der Waals surface area contributed by atoms with Gasteiger partial charge in [0.15, 0.2) is 0 Å². The van der Waals surface area contributed by atoms with Crippen molar-refractivity contribution in [1.82, 2.24) is 15.1 Å². The fourth-order valence-corrected chi connectivity index (χ4v) is 3.11. The van der Waals surface area contributed by atoms with E-state index in [0.717, 1.165) is 12.3 Å². The number of nitrogens with one attached hydrogen (secondary N) is 1. The van der Waals surface area contributed by atoms with Crippen LogP contribution < -0.4 is 5.32 Å². The molecule has 2 rings (SSSR count). The Kier molecular flexibility index (Phi) is 5.44. The van der Waals surface area contributed by atoms with Gasteiger partial charge < -0.3 is 5.32 Å². The van der Waals surface area contributed by atoms with E-state index in [1.165, 1.54) is 44.2 Å². The van der Waals surface area contributed by atoms with Gasteiger partial charge in [0.25, 0.3) is 0 Å². The minimum absolute atomic E-state index is 0.459. The van der Waals surface area contributed by atoms with E-state index in [1.807, 2.05) is 0 Å². The van der Waals surface area contributed by atoms with Gasteiger partial charge in [-0.05, 0) is 45.7 Å². The molecule has 1 unspecified atom stereocenters. The second-order valence-electron chi connectivity index (χ2n) is 6.30. The molecular weight excluding hydrogens is 234 g/mol. The standard InChI is InChI=1S/C16H29N3/c1-13(2)19-11-10-16(18-19)12-15(17-3)9-8-14-6-4-5-7-14/h10-11,13-15,17H,4-9,12H2,1-3H3. The first kappa shape index (κ1) is 14.6. The van der Waals surface area contributed by atoms with Crippen LogP contribution in [0.4, 0.5) is 0 Å². The summed E-state index contributed by atoms with van der Waals surface area (Å²) < 4.78 is 2.05. The maximum absolute atomic E-state index is 4.65. The van der Waals surface area contributed by atoms with Crippen LogP contribution in [0.2, 0.25) is 0 Å². The topological polar surface area (TPSA) is 29.9 Å². The second-order valence-corrected chi connectivity index (χ2v) is 6.30. The fraction of sp³-hybridized carbons (Fsp3) is 0.812. The fourth-order valence-electron chi connectivity index (χ4n) is 3.11. The highest BCUT2D eigenvalue weighted by Gasteiger charge is 2.17. The van der Waals surface area contributed by atoms with E-state index in [1.54, 1.807) is 0 Å². The van der Waals surface area contributed by atoms with Crippen LogP contribution in [0.5, 0.6) is 0 Å². The van der Waals surface area contributed by atoms with Gasteiger partial charge in [-0.1, -0.05) is 25.7 Å². The zero-order valence-corrected chi connectivity index (χ0v) is 12.7. The van der Waals surface area contributed by atoms with Crippen LogP contribution in [-0.2, 0) is 6.42 Å². The Morgan fingerprint density at radius 3 is 2.68 bits per heavy atom. The Morgan fingerprint density at radius 1 is 1.37 bits per heavy atom. The molecule has 1 atom stereocenters. The number of likely N-dealkylation sites (N-methyl/N-ethyl adjacent to an activating group) is 1. The molecule has 1 fully saturated rings. The van der Waals surface area contributed by atoms with Crippen molar-refractivity contribution in [2.24, 2.45) is 5.92 Å². The minimum Gasteiger partial charge on any atom is -0.317 e. The molecule has 0 saturated heterocycles. The zero-order valence-electron chi connectivity index (χ0n) is 12.7. The van der Waals surface area contributed by atoms with Crippen molar-refractivity contribution in [2.45, 2.75) is 70.9 Å². The van der Waals surface area contributed by atoms with E-state index in [4.69, 9.17) is 0 Å². The number of hydrogen-bond acceptors (Lipinski definition) is 2. The predicted molar refractivity (Wildman–Crippen MR) is 80.4 cm³/mol. The first-order valence-corrected chi connectivity index (χ1v) is 7.90. The van der Waals surface area contributed by atoms with Gasteiger partial charge in [-0.15, -0.1) is 0 Å². The van der Waals surface area contributed by atoms with Crippen LogP contribution in [0.3, 0.4) is 0 Å². The number of rotatable bonds is 7. The Morgan fingerprint density at radius 2 is 2.11 bits per heavy atom. The summed E-state index contributed by atoms with van der Waals surface area (Å²) in [5.41, 5.74) is 1.22. The lowest BCUT2D eigenvalue weighted by molar-refractivity contribution is 0.414. The van der Waals surface area contributed by atoms with Gasteiger partial charge in [0.1, 0.15) is 0 Å². The van der Waals surface area contributed by atoms with Gasteiger partial charge in [0, 0.05) is 24.7 Å². The molecule has 1 N–H and O–H groups in total. The molecule has 1 saturated carbocycles. The predicted octanol–water partition coefficient (Wildman–Crippen LogP) is 3.56. The van der Waals surface area contributed by atoms with E-state index in [9.17, 15) is 0 Å². The molecular formula is C16H29N3. The smallest absolute Gasteiger partial charge is 0.0640 e. The summed E-state index contributed by atoms with van der Waals surface area (Å²) in [6.45, 7) is 4.35. The first-order chi connectivity index (χ1) is 9.19. The summed E-state index contributed by atoms with van der Waals surface area (Å²) in [6.07, 6.45) is 11.6. The van der Waals surface area contributed by atoms with E-state index >= 15 is 0 Å². The molecule has 1 aromatic heterocycles. The molecule has 0 bridgehead atoms. The van der Waals surface area contributed by atoms with Gasteiger partial charge in [-0.3, -0.25) is 4.68 Å². The number of aromatic nitrogens is 2. The maximum Gasteiger partial charge on any atom is 0.0640 e. The van der Waals surface area contributed by atoms with Crippen molar-refractivity contribution < 1.29 is 0 Å². The second kappa shape index (κ2) is 7.09. The molecule has 1 aliphatic rings. The lowest BCUT2D eigenvalue weighted by atomic mass is 9.96. The average molecular weight is 263 g/mol. The van der Waals surface area contributed by atoms with Crippen molar-refractivity contribution in [1.29, 1.82) is 0 Å². The largest absolute Gasteiger partial charge is 0.317 e. The summed E-state index contributed by atoms with van der Waals surface area (Å²) in [5, 5.41) is 8.12. The quantitative estimate of drug-likeness (QED) is 0.815. The van der Waals surface area contributed by atoms with Crippen LogP contribution in [0.15, 0.2) is 12.3 Å². The molecule has 1 heterocycles. The van der Waals surface area contributed by atoms with Crippen LogP contribution in [0, 0.1) is 5.92 Å². The van der Waals surface area contributed by atoms with Gasteiger partial charge >= 0.3 is 0 Å².